The number of carbonyl (C=O) groups is 1. The third kappa shape index (κ3) is 1.92. The molecule has 1 amide bonds. The van der Waals surface area contributed by atoms with Gasteiger partial charge in [-0.05, 0) is 25.1 Å². The number of anilines is 1. The van der Waals surface area contributed by atoms with Gasteiger partial charge in [0.1, 0.15) is 11.5 Å². The Morgan fingerprint density at radius 1 is 1.53 bits per heavy atom. The number of halogens is 2. The van der Waals surface area contributed by atoms with E-state index in [4.69, 9.17) is 0 Å². The summed E-state index contributed by atoms with van der Waals surface area (Å²) in [5, 5.41) is 5.08. The quantitative estimate of drug-likeness (QED) is 0.772. The number of hydrogen-bond donors (Lipinski definition) is 0. The normalized spacial score (nSPS) is 15.8. The van der Waals surface area contributed by atoms with Gasteiger partial charge >= 0.3 is 0 Å². The maximum absolute atomic E-state index is 13.5. The highest BCUT2D eigenvalue weighted by molar-refractivity contribution is 9.10. The second-order valence-corrected chi connectivity index (χ2v) is 4.23. The van der Waals surface area contributed by atoms with Crippen molar-refractivity contribution < 1.29 is 9.18 Å². The zero-order valence-corrected chi connectivity index (χ0v) is 9.58. The molecule has 0 atom stereocenters. The van der Waals surface area contributed by atoms with Crippen LogP contribution in [0.2, 0.25) is 0 Å². The van der Waals surface area contributed by atoms with Crippen LogP contribution in [0.3, 0.4) is 0 Å². The lowest BCUT2D eigenvalue weighted by molar-refractivity contribution is -0.116. The van der Waals surface area contributed by atoms with Gasteiger partial charge in [-0.2, -0.15) is 10.1 Å². The maximum atomic E-state index is 13.5. The van der Waals surface area contributed by atoms with E-state index < -0.39 is 5.82 Å². The fourth-order valence-corrected chi connectivity index (χ4v) is 1.73. The largest absolute Gasteiger partial charge is 0.272 e. The molecule has 1 aliphatic rings. The second-order valence-electron chi connectivity index (χ2n) is 3.31. The van der Waals surface area contributed by atoms with Crippen molar-refractivity contribution in [3.05, 3.63) is 28.5 Å². The van der Waals surface area contributed by atoms with E-state index >= 15 is 0 Å². The maximum Gasteiger partial charge on any atom is 0.253 e. The minimum atomic E-state index is -0.462. The lowest BCUT2D eigenvalue weighted by Gasteiger charge is -2.12. The van der Waals surface area contributed by atoms with Crippen molar-refractivity contribution in [2.45, 2.75) is 13.3 Å². The molecule has 78 valence electrons. The van der Waals surface area contributed by atoms with E-state index in [1.54, 1.807) is 13.0 Å². The molecule has 15 heavy (non-hydrogen) atoms. The van der Waals surface area contributed by atoms with Crippen LogP contribution < -0.4 is 5.01 Å². The fourth-order valence-electron chi connectivity index (χ4n) is 1.40. The SMILES string of the molecule is CC1=NN(c2ccc(Br)cc2F)C(=O)C1. The lowest BCUT2D eigenvalue weighted by Crippen LogP contribution is -2.20. The van der Waals surface area contributed by atoms with Gasteiger partial charge in [0.25, 0.3) is 5.91 Å². The van der Waals surface area contributed by atoms with Gasteiger partial charge in [-0.3, -0.25) is 4.79 Å². The zero-order chi connectivity index (χ0) is 11.0. The molecule has 0 bridgehead atoms. The van der Waals surface area contributed by atoms with E-state index in [0.29, 0.717) is 10.2 Å². The molecule has 2 rings (SSSR count). The molecule has 0 unspecified atom stereocenters. The Balaban J connectivity index is 2.42. The first-order chi connectivity index (χ1) is 7.08. The summed E-state index contributed by atoms with van der Waals surface area (Å²) in [6.45, 7) is 1.74. The van der Waals surface area contributed by atoms with Crippen LogP contribution >= 0.6 is 15.9 Å². The first kappa shape index (κ1) is 10.3. The topological polar surface area (TPSA) is 32.7 Å². The first-order valence-electron chi connectivity index (χ1n) is 4.40. The molecular weight excluding hydrogens is 263 g/mol. The molecule has 5 heteroatoms. The van der Waals surface area contributed by atoms with Crippen LogP contribution in [0.5, 0.6) is 0 Å². The molecule has 1 aromatic carbocycles. The van der Waals surface area contributed by atoms with Crippen LogP contribution in [-0.4, -0.2) is 11.6 Å². The van der Waals surface area contributed by atoms with E-state index in [0.717, 1.165) is 5.01 Å². The van der Waals surface area contributed by atoms with Crippen LogP contribution in [0.1, 0.15) is 13.3 Å². The summed E-state index contributed by atoms with van der Waals surface area (Å²) in [6, 6.07) is 4.51. The van der Waals surface area contributed by atoms with Crippen molar-refractivity contribution >= 4 is 33.2 Å². The van der Waals surface area contributed by atoms with Crippen molar-refractivity contribution in [2.75, 3.05) is 5.01 Å². The van der Waals surface area contributed by atoms with Crippen LogP contribution in [0.15, 0.2) is 27.8 Å². The van der Waals surface area contributed by atoms with Gasteiger partial charge in [-0.1, -0.05) is 15.9 Å². The Morgan fingerprint density at radius 3 is 2.80 bits per heavy atom. The summed E-state index contributed by atoms with van der Waals surface area (Å²) >= 11 is 3.15. The molecule has 0 aromatic heterocycles. The number of rotatable bonds is 1. The van der Waals surface area contributed by atoms with Gasteiger partial charge in [0.05, 0.1) is 6.42 Å². The highest BCUT2D eigenvalue weighted by atomic mass is 79.9. The van der Waals surface area contributed by atoms with E-state index in [-0.39, 0.29) is 18.0 Å². The molecule has 1 heterocycles. The highest BCUT2D eigenvalue weighted by Gasteiger charge is 2.24. The molecule has 3 nitrogen and oxygen atoms in total. The standard InChI is InChI=1S/C10H8BrFN2O/c1-6-4-10(15)14(13-6)9-3-2-7(11)5-8(9)12/h2-3,5H,4H2,1H3. The summed E-state index contributed by atoms with van der Waals surface area (Å²) in [7, 11) is 0. The monoisotopic (exact) mass is 270 g/mol. The van der Waals surface area contributed by atoms with Crippen molar-refractivity contribution in [1.82, 2.24) is 0 Å². The minimum absolute atomic E-state index is 0.194. The summed E-state index contributed by atoms with van der Waals surface area (Å²) in [4.78, 5) is 11.5. The highest BCUT2D eigenvalue weighted by Crippen LogP contribution is 2.26. The minimum Gasteiger partial charge on any atom is -0.272 e. The predicted octanol–water partition coefficient (Wildman–Crippen LogP) is 2.70. The molecule has 0 spiro atoms. The van der Waals surface area contributed by atoms with Crippen LogP contribution in [0.4, 0.5) is 10.1 Å². The van der Waals surface area contributed by atoms with Gasteiger partial charge in [0.15, 0.2) is 0 Å². The Bertz CT molecular complexity index is 459. The third-order valence-corrected chi connectivity index (χ3v) is 2.55. The molecule has 1 aliphatic heterocycles. The number of benzene rings is 1. The Morgan fingerprint density at radius 2 is 2.27 bits per heavy atom. The van der Waals surface area contributed by atoms with Gasteiger partial charge < -0.3 is 0 Å². The predicted molar refractivity (Wildman–Crippen MR) is 59.3 cm³/mol. The molecule has 0 N–H and O–H groups in total. The Kier molecular flexibility index (Phi) is 2.56. The van der Waals surface area contributed by atoms with Crippen LogP contribution in [0.25, 0.3) is 0 Å². The Labute approximate surface area is 94.7 Å². The number of hydrogen-bond acceptors (Lipinski definition) is 2. The smallest absolute Gasteiger partial charge is 0.253 e. The van der Waals surface area contributed by atoms with Gasteiger partial charge in [0, 0.05) is 10.2 Å². The van der Waals surface area contributed by atoms with Gasteiger partial charge in [-0.15, -0.1) is 0 Å². The molecular formula is C10H8BrFN2O. The van der Waals surface area contributed by atoms with Crippen molar-refractivity contribution in [3.63, 3.8) is 0 Å². The number of carbonyl (C=O) groups excluding carboxylic acids is 1. The molecule has 1 aromatic rings. The first-order valence-corrected chi connectivity index (χ1v) is 5.19. The Hall–Kier alpha value is -1.23. The summed E-state index contributed by atoms with van der Waals surface area (Å²) in [5.74, 6) is -0.662. The second kappa shape index (κ2) is 3.73. The average molecular weight is 271 g/mol. The van der Waals surface area contributed by atoms with Crippen molar-refractivity contribution in [3.8, 4) is 0 Å². The lowest BCUT2D eigenvalue weighted by atomic mass is 10.2. The number of nitrogens with zero attached hydrogens (tertiary/aromatic N) is 2. The van der Waals surface area contributed by atoms with E-state index in [2.05, 4.69) is 21.0 Å². The molecule has 0 aliphatic carbocycles. The van der Waals surface area contributed by atoms with Crippen molar-refractivity contribution in [1.29, 1.82) is 0 Å². The van der Waals surface area contributed by atoms with E-state index in [9.17, 15) is 9.18 Å². The summed E-state index contributed by atoms with van der Waals surface area (Å²) in [6.07, 6.45) is 0.259. The number of amides is 1. The summed E-state index contributed by atoms with van der Waals surface area (Å²) in [5.41, 5.74) is 0.891. The van der Waals surface area contributed by atoms with Crippen LogP contribution in [-0.2, 0) is 4.79 Å². The van der Waals surface area contributed by atoms with Gasteiger partial charge in [0.2, 0.25) is 0 Å². The fraction of sp³-hybridized carbons (Fsp3) is 0.200. The zero-order valence-electron chi connectivity index (χ0n) is 8.00. The van der Waals surface area contributed by atoms with Crippen molar-refractivity contribution in [2.24, 2.45) is 5.10 Å². The molecule has 0 saturated heterocycles. The molecule has 0 radical (unpaired) electrons. The van der Waals surface area contributed by atoms with E-state index in [1.165, 1.54) is 12.1 Å². The third-order valence-electron chi connectivity index (χ3n) is 2.05. The molecule has 0 fully saturated rings. The van der Waals surface area contributed by atoms with E-state index in [1.807, 2.05) is 0 Å². The van der Waals surface area contributed by atoms with Gasteiger partial charge in [-0.25, -0.2) is 4.39 Å². The summed E-state index contributed by atoms with van der Waals surface area (Å²) < 4.78 is 14.1. The number of hydrazone groups is 1. The average Bonchev–Trinajstić information content (AvgIpc) is 2.45. The molecule has 0 saturated carbocycles. The van der Waals surface area contributed by atoms with Crippen LogP contribution in [0, 0.1) is 5.82 Å².